The first kappa shape index (κ1) is 22.7. The molecule has 1 amide bonds. The second-order valence-electron chi connectivity index (χ2n) is 7.91. The molecule has 0 aliphatic carbocycles. The van der Waals surface area contributed by atoms with Crippen molar-refractivity contribution in [3.63, 3.8) is 0 Å². The molecule has 0 unspecified atom stereocenters. The summed E-state index contributed by atoms with van der Waals surface area (Å²) < 4.78 is 32.7. The molecule has 2 aromatic heterocycles. The highest BCUT2D eigenvalue weighted by Gasteiger charge is 2.29. The molecule has 1 fully saturated rings. The minimum Gasteiger partial charge on any atom is -0.466 e. The number of rotatable bonds is 6. The van der Waals surface area contributed by atoms with E-state index in [1.807, 2.05) is 37.1 Å². The Morgan fingerprint density at radius 1 is 1.12 bits per heavy atom. The summed E-state index contributed by atoms with van der Waals surface area (Å²) in [5.74, 6) is 1.45. The van der Waals surface area contributed by atoms with E-state index in [-0.39, 0.29) is 12.5 Å². The van der Waals surface area contributed by atoms with Crippen LogP contribution in [0.4, 0.5) is 5.13 Å². The molecule has 3 heterocycles. The van der Waals surface area contributed by atoms with Crippen LogP contribution in [0.3, 0.4) is 0 Å². The number of thiazole rings is 1. The van der Waals surface area contributed by atoms with Crippen molar-refractivity contribution in [2.45, 2.75) is 25.7 Å². The van der Waals surface area contributed by atoms with E-state index in [2.05, 4.69) is 10.3 Å². The number of benzene rings is 1. The van der Waals surface area contributed by atoms with E-state index in [1.165, 1.54) is 15.6 Å². The Hall–Kier alpha value is -2.53. The van der Waals surface area contributed by atoms with E-state index in [9.17, 15) is 13.2 Å². The number of hydrogen-bond acceptors (Lipinski definition) is 7. The Morgan fingerprint density at radius 3 is 2.44 bits per heavy atom. The lowest BCUT2D eigenvalue weighted by molar-refractivity contribution is -0.117. The van der Waals surface area contributed by atoms with Crippen LogP contribution in [0.15, 0.2) is 45.0 Å². The fourth-order valence-corrected chi connectivity index (χ4v) is 5.84. The van der Waals surface area contributed by atoms with Gasteiger partial charge in [-0.3, -0.25) is 9.69 Å². The second-order valence-corrected chi connectivity index (χ2v) is 10.7. The first-order valence-corrected chi connectivity index (χ1v) is 12.7. The summed E-state index contributed by atoms with van der Waals surface area (Å²) in [6, 6.07) is 8.80. The Morgan fingerprint density at radius 2 is 1.81 bits per heavy atom. The Kier molecular flexibility index (Phi) is 6.47. The van der Waals surface area contributed by atoms with E-state index in [0.717, 1.165) is 28.3 Å². The van der Waals surface area contributed by atoms with Crippen molar-refractivity contribution in [2.24, 2.45) is 0 Å². The van der Waals surface area contributed by atoms with E-state index >= 15 is 0 Å². The average molecular weight is 475 g/mol. The van der Waals surface area contributed by atoms with Crippen molar-refractivity contribution >= 4 is 32.4 Å². The van der Waals surface area contributed by atoms with Crippen LogP contribution < -0.4 is 5.32 Å². The number of piperazine rings is 1. The third-order valence-electron chi connectivity index (χ3n) is 5.42. The van der Waals surface area contributed by atoms with Crippen molar-refractivity contribution in [3.8, 4) is 11.3 Å². The van der Waals surface area contributed by atoms with Gasteiger partial charge in [-0.1, -0.05) is 17.7 Å². The predicted octanol–water partition coefficient (Wildman–Crippen LogP) is 3.27. The number of furan rings is 1. The molecule has 1 aliphatic heterocycles. The first-order valence-electron chi connectivity index (χ1n) is 10.3. The zero-order valence-corrected chi connectivity index (χ0v) is 19.9. The molecule has 1 saturated heterocycles. The van der Waals surface area contributed by atoms with Crippen molar-refractivity contribution < 1.29 is 17.6 Å². The standard InChI is InChI=1S/C22H26N4O4S2/c1-15-4-6-18(7-5-15)32(28,29)26-10-8-25(9-11-26)13-21(27)24-22-23-20(14-31-22)19-12-16(2)30-17(19)3/h4-7,12,14H,8-11,13H2,1-3H3,(H,23,24,27). The molecule has 0 radical (unpaired) electrons. The molecule has 0 spiro atoms. The molecular weight excluding hydrogens is 448 g/mol. The summed E-state index contributed by atoms with van der Waals surface area (Å²) in [6.45, 7) is 7.58. The molecule has 0 atom stereocenters. The molecule has 1 N–H and O–H groups in total. The van der Waals surface area contributed by atoms with Crippen LogP contribution in [0.5, 0.6) is 0 Å². The lowest BCUT2D eigenvalue weighted by Crippen LogP contribution is -2.50. The molecule has 4 rings (SSSR count). The van der Waals surface area contributed by atoms with Crippen LogP contribution in [0.1, 0.15) is 17.1 Å². The maximum Gasteiger partial charge on any atom is 0.243 e. The van der Waals surface area contributed by atoms with E-state index in [4.69, 9.17) is 4.42 Å². The molecular formula is C22H26N4O4S2. The molecule has 32 heavy (non-hydrogen) atoms. The molecule has 8 nitrogen and oxygen atoms in total. The highest BCUT2D eigenvalue weighted by atomic mass is 32.2. The SMILES string of the molecule is Cc1ccc(S(=O)(=O)N2CCN(CC(=O)Nc3nc(-c4cc(C)oc4C)cs3)CC2)cc1. The number of aromatic nitrogens is 1. The minimum atomic E-state index is -3.51. The van der Waals surface area contributed by atoms with Crippen molar-refractivity contribution in [2.75, 3.05) is 38.0 Å². The van der Waals surface area contributed by atoms with Gasteiger partial charge in [0.25, 0.3) is 0 Å². The zero-order valence-electron chi connectivity index (χ0n) is 18.3. The molecule has 1 aliphatic rings. The predicted molar refractivity (Wildman–Crippen MR) is 124 cm³/mol. The Balaban J connectivity index is 1.30. The van der Waals surface area contributed by atoms with Crippen LogP contribution in [-0.4, -0.2) is 61.2 Å². The zero-order chi connectivity index (χ0) is 22.9. The highest BCUT2D eigenvalue weighted by molar-refractivity contribution is 7.89. The van der Waals surface area contributed by atoms with Crippen LogP contribution in [-0.2, 0) is 14.8 Å². The van der Waals surface area contributed by atoms with Crippen molar-refractivity contribution in [1.29, 1.82) is 0 Å². The van der Waals surface area contributed by atoms with Gasteiger partial charge in [0.15, 0.2) is 5.13 Å². The summed E-state index contributed by atoms with van der Waals surface area (Å²) in [6.07, 6.45) is 0. The van der Waals surface area contributed by atoms with Gasteiger partial charge < -0.3 is 9.73 Å². The summed E-state index contributed by atoms with van der Waals surface area (Å²) in [4.78, 5) is 19.2. The van der Waals surface area contributed by atoms with Gasteiger partial charge in [0.05, 0.1) is 17.1 Å². The van der Waals surface area contributed by atoms with E-state index in [1.54, 1.807) is 24.3 Å². The maximum absolute atomic E-state index is 12.8. The molecule has 10 heteroatoms. The van der Waals surface area contributed by atoms with Gasteiger partial charge in [0, 0.05) is 37.1 Å². The van der Waals surface area contributed by atoms with E-state index in [0.29, 0.717) is 36.2 Å². The minimum absolute atomic E-state index is 0.166. The molecule has 170 valence electrons. The third-order valence-corrected chi connectivity index (χ3v) is 8.10. The summed E-state index contributed by atoms with van der Waals surface area (Å²) >= 11 is 1.36. The fourth-order valence-electron chi connectivity index (χ4n) is 3.69. The van der Waals surface area contributed by atoms with Gasteiger partial charge in [-0.25, -0.2) is 13.4 Å². The van der Waals surface area contributed by atoms with Gasteiger partial charge in [0.1, 0.15) is 11.5 Å². The highest BCUT2D eigenvalue weighted by Crippen LogP contribution is 2.29. The van der Waals surface area contributed by atoms with Gasteiger partial charge in [-0.05, 0) is 39.0 Å². The molecule has 0 saturated carbocycles. The van der Waals surface area contributed by atoms with Gasteiger partial charge in [0.2, 0.25) is 15.9 Å². The number of sulfonamides is 1. The van der Waals surface area contributed by atoms with Crippen molar-refractivity contribution in [1.82, 2.24) is 14.2 Å². The lowest BCUT2D eigenvalue weighted by atomic mass is 10.2. The quantitative estimate of drug-likeness (QED) is 0.589. The Bertz CT molecular complexity index is 1210. The number of aryl methyl sites for hydroxylation is 3. The number of amides is 1. The normalized spacial score (nSPS) is 15.7. The summed E-state index contributed by atoms with van der Waals surface area (Å²) in [5, 5.41) is 5.26. The van der Waals surface area contributed by atoms with Gasteiger partial charge in [-0.2, -0.15) is 4.31 Å². The number of anilines is 1. The van der Waals surface area contributed by atoms with Crippen LogP contribution in [0.2, 0.25) is 0 Å². The number of carbonyl (C=O) groups excluding carboxylic acids is 1. The number of nitrogens with zero attached hydrogens (tertiary/aromatic N) is 3. The fraction of sp³-hybridized carbons (Fsp3) is 0.364. The van der Waals surface area contributed by atoms with E-state index < -0.39 is 10.0 Å². The smallest absolute Gasteiger partial charge is 0.243 e. The number of hydrogen-bond donors (Lipinski definition) is 1. The number of nitrogens with one attached hydrogen (secondary N) is 1. The first-order chi connectivity index (χ1) is 15.2. The van der Waals surface area contributed by atoms with Crippen molar-refractivity contribution in [3.05, 3.63) is 52.8 Å². The monoisotopic (exact) mass is 474 g/mol. The second kappa shape index (κ2) is 9.14. The van der Waals surface area contributed by atoms with Crippen LogP contribution in [0, 0.1) is 20.8 Å². The molecule has 1 aromatic carbocycles. The Labute approximate surface area is 191 Å². The maximum atomic E-state index is 12.8. The topological polar surface area (TPSA) is 95.8 Å². The number of carbonyl (C=O) groups is 1. The van der Waals surface area contributed by atoms with Crippen LogP contribution >= 0.6 is 11.3 Å². The molecule has 0 bridgehead atoms. The van der Waals surface area contributed by atoms with Gasteiger partial charge >= 0.3 is 0 Å². The lowest BCUT2D eigenvalue weighted by Gasteiger charge is -2.33. The summed E-state index contributed by atoms with van der Waals surface area (Å²) in [5.41, 5.74) is 2.71. The molecule has 3 aromatic rings. The average Bonchev–Trinajstić information content (AvgIpc) is 3.34. The third kappa shape index (κ3) is 4.93. The summed E-state index contributed by atoms with van der Waals surface area (Å²) in [7, 11) is -3.51. The largest absolute Gasteiger partial charge is 0.466 e. The van der Waals surface area contributed by atoms with Crippen LogP contribution in [0.25, 0.3) is 11.3 Å². The van der Waals surface area contributed by atoms with Gasteiger partial charge in [-0.15, -0.1) is 11.3 Å².